The summed E-state index contributed by atoms with van der Waals surface area (Å²) >= 11 is 0. The zero-order chi connectivity index (χ0) is 19.2. The molecule has 0 atom stereocenters. The monoisotopic (exact) mass is 354 g/mol. The first-order valence-electron chi connectivity index (χ1n) is 8.63. The molecule has 0 aliphatic heterocycles. The number of carbonyl (C=O) groups excluding carboxylic acids is 2. The molecule has 138 valence electrons. The SMILES string of the molecule is COc1ccccc1CCC(=O)Nc1cccc(NC(=O)C(C)(C)C)c1. The number of hydrogen-bond acceptors (Lipinski definition) is 3. The summed E-state index contributed by atoms with van der Waals surface area (Å²) in [5.74, 6) is 0.625. The molecule has 2 aromatic rings. The van der Waals surface area contributed by atoms with Crippen LogP contribution in [0.25, 0.3) is 0 Å². The molecule has 2 N–H and O–H groups in total. The van der Waals surface area contributed by atoms with Gasteiger partial charge in [0.05, 0.1) is 7.11 Å². The summed E-state index contributed by atoms with van der Waals surface area (Å²) in [4.78, 5) is 24.3. The van der Waals surface area contributed by atoms with E-state index in [4.69, 9.17) is 4.74 Å². The van der Waals surface area contributed by atoms with Crippen LogP contribution in [0.4, 0.5) is 11.4 Å². The van der Waals surface area contributed by atoms with Gasteiger partial charge in [-0.2, -0.15) is 0 Å². The Kier molecular flexibility index (Phi) is 6.39. The van der Waals surface area contributed by atoms with Crippen molar-refractivity contribution in [2.45, 2.75) is 33.6 Å². The van der Waals surface area contributed by atoms with E-state index >= 15 is 0 Å². The molecule has 0 aliphatic carbocycles. The van der Waals surface area contributed by atoms with Crippen LogP contribution < -0.4 is 15.4 Å². The first-order chi connectivity index (χ1) is 12.3. The summed E-state index contributed by atoms with van der Waals surface area (Å²) in [6.45, 7) is 5.56. The topological polar surface area (TPSA) is 67.4 Å². The Labute approximate surface area is 154 Å². The average molecular weight is 354 g/mol. The van der Waals surface area contributed by atoms with Crippen LogP contribution in [0.5, 0.6) is 5.75 Å². The van der Waals surface area contributed by atoms with Crippen LogP contribution >= 0.6 is 0 Å². The van der Waals surface area contributed by atoms with Gasteiger partial charge in [0.15, 0.2) is 0 Å². The van der Waals surface area contributed by atoms with Gasteiger partial charge in [-0.25, -0.2) is 0 Å². The van der Waals surface area contributed by atoms with Gasteiger partial charge in [0.25, 0.3) is 0 Å². The predicted octanol–water partition coefficient (Wildman–Crippen LogP) is 4.25. The van der Waals surface area contributed by atoms with E-state index in [1.54, 1.807) is 31.4 Å². The predicted molar refractivity (Wildman–Crippen MR) is 104 cm³/mol. The summed E-state index contributed by atoms with van der Waals surface area (Å²) in [7, 11) is 1.62. The molecule has 5 nitrogen and oxygen atoms in total. The van der Waals surface area contributed by atoms with E-state index in [0.717, 1.165) is 11.3 Å². The molecule has 0 radical (unpaired) electrons. The van der Waals surface area contributed by atoms with Gasteiger partial charge >= 0.3 is 0 Å². The Bertz CT molecular complexity index is 779. The van der Waals surface area contributed by atoms with E-state index in [9.17, 15) is 9.59 Å². The van der Waals surface area contributed by atoms with Crippen molar-refractivity contribution in [3.63, 3.8) is 0 Å². The lowest BCUT2D eigenvalue weighted by atomic mass is 9.95. The second kappa shape index (κ2) is 8.52. The Morgan fingerprint density at radius 2 is 1.62 bits per heavy atom. The quantitative estimate of drug-likeness (QED) is 0.815. The Morgan fingerprint density at radius 3 is 2.27 bits per heavy atom. The minimum absolute atomic E-state index is 0.0721. The summed E-state index contributed by atoms with van der Waals surface area (Å²) in [6.07, 6.45) is 0.940. The second-order valence-corrected chi connectivity index (χ2v) is 7.14. The molecule has 0 spiro atoms. The molecule has 26 heavy (non-hydrogen) atoms. The summed E-state index contributed by atoms with van der Waals surface area (Å²) in [6, 6.07) is 14.8. The molecule has 0 saturated carbocycles. The van der Waals surface area contributed by atoms with Gasteiger partial charge in [0, 0.05) is 23.2 Å². The van der Waals surface area contributed by atoms with Crippen LogP contribution in [0.3, 0.4) is 0 Å². The lowest BCUT2D eigenvalue weighted by molar-refractivity contribution is -0.123. The smallest absolute Gasteiger partial charge is 0.229 e. The van der Waals surface area contributed by atoms with Crippen molar-refractivity contribution in [1.82, 2.24) is 0 Å². The first kappa shape index (κ1) is 19.5. The van der Waals surface area contributed by atoms with Crippen molar-refractivity contribution in [2.24, 2.45) is 5.41 Å². The van der Waals surface area contributed by atoms with E-state index in [1.165, 1.54) is 0 Å². The number of carbonyl (C=O) groups is 2. The van der Waals surface area contributed by atoms with Crippen LogP contribution in [-0.2, 0) is 16.0 Å². The van der Waals surface area contributed by atoms with Gasteiger partial charge in [0.1, 0.15) is 5.75 Å². The fourth-order valence-corrected chi connectivity index (χ4v) is 2.37. The number of anilines is 2. The molecule has 0 fully saturated rings. The first-order valence-corrected chi connectivity index (χ1v) is 8.63. The third kappa shape index (κ3) is 5.62. The Balaban J connectivity index is 1.95. The largest absolute Gasteiger partial charge is 0.496 e. The number of amides is 2. The van der Waals surface area contributed by atoms with E-state index in [2.05, 4.69) is 10.6 Å². The minimum atomic E-state index is -0.478. The highest BCUT2D eigenvalue weighted by molar-refractivity contribution is 5.96. The molecule has 0 heterocycles. The highest BCUT2D eigenvalue weighted by atomic mass is 16.5. The van der Waals surface area contributed by atoms with E-state index < -0.39 is 5.41 Å². The fraction of sp³-hybridized carbons (Fsp3) is 0.333. The van der Waals surface area contributed by atoms with Crippen molar-refractivity contribution in [2.75, 3.05) is 17.7 Å². The maximum absolute atomic E-state index is 12.2. The van der Waals surface area contributed by atoms with E-state index in [0.29, 0.717) is 24.2 Å². The summed E-state index contributed by atoms with van der Waals surface area (Å²) in [5.41, 5.74) is 1.83. The molecule has 0 saturated heterocycles. The molecule has 0 aromatic heterocycles. The van der Waals surface area contributed by atoms with Gasteiger partial charge in [-0.05, 0) is 36.2 Å². The standard InChI is InChI=1S/C21H26N2O3/c1-21(2,3)20(25)23-17-10-7-9-16(14-17)22-19(24)13-12-15-8-5-6-11-18(15)26-4/h5-11,14H,12-13H2,1-4H3,(H,22,24)(H,23,25). The highest BCUT2D eigenvalue weighted by Crippen LogP contribution is 2.21. The summed E-state index contributed by atoms with van der Waals surface area (Å²) in [5, 5.41) is 5.73. The van der Waals surface area contributed by atoms with Gasteiger partial charge in [-0.3, -0.25) is 9.59 Å². The maximum Gasteiger partial charge on any atom is 0.229 e. The van der Waals surface area contributed by atoms with Gasteiger partial charge in [0.2, 0.25) is 11.8 Å². The number of ether oxygens (including phenoxy) is 1. The molecular formula is C21H26N2O3. The Hall–Kier alpha value is -2.82. The zero-order valence-electron chi connectivity index (χ0n) is 15.8. The normalized spacial score (nSPS) is 10.9. The van der Waals surface area contributed by atoms with Crippen LogP contribution in [0, 0.1) is 5.41 Å². The van der Waals surface area contributed by atoms with Gasteiger partial charge < -0.3 is 15.4 Å². The lowest BCUT2D eigenvalue weighted by Crippen LogP contribution is -2.27. The number of hydrogen-bond donors (Lipinski definition) is 2. The van der Waals surface area contributed by atoms with E-state index in [1.807, 2.05) is 45.0 Å². The van der Waals surface area contributed by atoms with Crippen molar-refractivity contribution >= 4 is 23.2 Å². The van der Waals surface area contributed by atoms with Crippen LogP contribution in [0.15, 0.2) is 48.5 Å². The lowest BCUT2D eigenvalue weighted by Gasteiger charge is -2.18. The second-order valence-electron chi connectivity index (χ2n) is 7.14. The summed E-state index contributed by atoms with van der Waals surface area (Å²) < 4.78 is 5.30. The molecule has 0 bridgehead atoms. The molecule has 0 aliphatic rings. The third-order valence-corrected chi connectivity index (χ3v) is 3.90. The number of aryl methyl sites for hydroxylation is 1. The van der Waals surface area contributed by atoms with Crippen LogP contribution in [0.2, 0.25) is 0 Å². The fourth-order valence-electron chi connectivity index (χ4n) is 2.37. The minimum Gasteiger partial charge on any atom is -0.496 e. The molecule has 0 unspecified atom stereocenters. The third-order valence-electron chi connectivity index (χ3n) is 3.90. The van der Waals surface area contributed by atoms with Crippen molar-refractivity contribution in [1.29, 1.82) is 0 Å². The van der Waals surface area contributed by atoms with Crippen molar-refractivity contribution in [3.8, 4) is 5.75 Å². The molecule has 5 heteroatoms. The number of nitrogens with one attached hydrogen (secondary N) is 2. The van der Waals surface area contributed by atoms with Gasteiger partial charge in [-0.15, -0.1) is 0 Å². The number of rotatable bonds is 6. The molecule has 2 aromatic carbocycles. The highest BCUT2D eigenvalue weighted by Gasteiger charge is 2.21. The number of para-hydroxylation sites is 1. The molecular weight excluding hydrogens is 328 g/mol. The maximum atomic E-state index is 12.2. The average Bonchev–Trinajstić information content (AvgIpc) is 2.59. The zero-order valence-corrected chi connectivity index (χ0v) is 15.8. The number of methoxy groups -OCH3 is 1. The van der Waals surface area contributed by atoms with Gasteiger partial charge in [-0.1, -0.05) is 45.0 Å². The van der Waals surface area contributed by atoms with Crippen LogP contribution in [-0.4, -0.2) is 18.9 Å². The van der Waals surface area contributed by atoms with E-state index in [-0.39, 0.29) is 11.8 Å². The van der Waals surface area contributed by atoms with Crippen molar-refractivity contribution < 1.29 is 14.3 Å². The molecule has 2 rings (SSSR count). The van der Waals surface area contributed by atoms with Crippen molar-refractivity contribution in [3.05, 3.63) is 54.1 Å². The molecule has 2 amide bonds. The van der Waals surface area contributed by atoms with Crippen LogP contribution in [0.1, 0.15) is 32.8 Å². The number of benzene rings is 2. The Morgan fingerprint density at radius 1 is 0.962 bits per heavy atom.